The topological polar surface area (TPSA) is 105 Å². The van der Waals surface area contributed by atoms with E-state index < -0.39 is 16.1 Å². The molecule has 0 aliphatic carbocycles. The van der Waals surface area contributed by atoms with Crippen LogP contribution < -0.4 is 16.4 Å². The van der Waals surface area contributed by atoms with E-state index >= 15 is 0 Å². The van der Waals surface area contributed by atoms with Crippen LogP contribution in [0.1, 0.15) is 0 Å². The number of hydrogen-bond acceptors (Lipinski definition) is 4. The molecule has 0 radical (unpaired) electrons. The molecule has 2 amide bonds. The molecule has 0 unspecified atom stereocenters. The zero-order chi connectivity index (χ0) is 14.5. The minimum atomic E-state index is -3.50. The van der Waals surface area contributed by atoms with Gasteiger partial charge in [-0.05, 0) is 12.1 Å². The van der Waals surface area contributed by atoms with Crippen LogP contribution in [0.25, 0.3) is 0 Å². The summed E-state index contributed by atoms with van der Waals surface area (Å²) < 4.78 is 25.3. The highest BCUT2D eigenvalue weighted by Gasteiger charge is 2.20. The first-order chi connectivity index (χ1) is 8.85. The molecule has 0 bridgehead atoms. The molecule has 106 valence electrons. The Labute approximate surface area is 112 Å². The average molecular weight is 286 g/mol. The number of sulfonamides is 1. The van der Waals surface area contributed by atoms with Crippen molar-refractivity contribution >= 4 is 21.7 Å². The van der Waals surface area contributed by atoms with Crippen molar-refractivity contribution < 1.29 is 13.2 Å². The molecule has 0 aliphatic heterocycles. The number of para-hydroxylation sites is 1. The zero-order valence-corrected chi connectivity index (χ0v) is 11.7. The van der Waals surface area contributed by atoms with Crippen LogP contribution in [0.2, 0.25) is 0 Å². The number of nitrogens with two attached hydrogens (primary N) is 1. The molecule has 0 fully saturated rings. The van der Waals surface area contributed by atoms with E-state index in [2.05, 4.69) is 10.6 Å². The number of carbonyl (C=O) groups is 1. The number of benzene rings is 1. The van der Waals surface area contributed by atoms with Crippen LogP contribution in [0, 0.1) is 0 Å². The van der Waals surface area contributed by atoms with Gasteiger partial charge in [-0.15, -0.1) is 0 Å². The Kier molecular flexibility index (Phi) is 5.13. The maximum absolute atomic E-state index is 12.1. The third-order valence-corrected chi connectivity index (χ3v) is 4.26. The van der Waals surface area contributed by atoms with Crippen molar-refractivity contribution in [1.29, 1.82) is 0 Å². The quantitative estimate of drug-likeness (QED) is 0.641. The zero-order valence-electron chi connectivity index (χ0n) is 10.9. The summed E-state index contributed by atoms with van der Waals surface area (Å²) in [6.45, 7) is 0.689. The number of nitrogens with one attached hydrogen (secondary N) is 2. The fourth-order valence-corrected chi connectivity index (χ4v) is 2.48. The summed E-state index contributed by atoms with van der Waals surface area (Å²) in [5, 5.41) is 5.37. The molecule has 1 aromatic carbocycles. The van der Waals surface area contributed by atoms with Crippen LogP contribution in [0.5, 0.6) is 0 Å². The maximum Gasteiger partial charge on any atom is 0.312 e. The molecule has 0 atom stereocenters. The van der Waals surface area contributed by atoms with Crippen LogP contribution in [0.15, 0.2) is 29.2 Å². The number of nitrogens with zero attached hydrogens (tertiary/aromatic N) is 1. The van der Waals surface area contributed by atoms with Crippen molar-refractivity contribution in [1.82, 2.24) is 9.62 Å². The van der Waals surface area contributed by atoms with Crippen molar-refractivity contribution in [2.45, 2.75) is 4.90 Å². The van der Waals surface area contributed by atoms with Crippen molar-refractivity contribution in [2.24, 2.45) is 5.73 Å². The molecule has 19 heavy (non-hydrogen) atoms. The number of amides is 2. The lowest BCUT2D eigenvalue weighted by Crippen LogP contribution is -2.33. The lowest BCUT2D eigenvalue weighted by molar-refractivity contribution is 0.249. The Morgan fingerprint density at radius 3 is 2.47 bits per heavy atom. The van der Waals surface area contributed by atoms with Crippen LogP contribution in [-0.2, 0) is 10.0 Å². The molecule has 8 heteroatoms. The predicted molar refractivity (Wildman–Crippen MR) is 73.4 cm³/mol. The second-order valence-electron chi connectivity index (χ2n) is 4.00. The highest BCUT2D eigenvalue weighted by molar-refractivity contribution is 7.89. The third-order valence-electron chi connectivity index (χ3n) is 2.39. The molecule has 7 nitrogen and oxygen atoms in total. The Morgan fingerprint density at radius 1 is 1.26 bits per heavy atom. The fraction of sp³-hybridized carbons (Fsp3) is 0.364. The van der Waals surface area contributed by atoms with Crippen LogP contribution >= 0.6 is 0 Å². The summed E-state index contributed by atoms with van der Waals surface area (Å²) in [4.78, 5) is 10.7. The van der Waals surface area contributed by atoms with Gasteiger partial charge >= 0.3 is 6.03 Å². The van der Waals surface area contributed by atoms with E-state index in [0.717, 1.165) is 4.31 Å². The minimum Gasteiger partial charge on any atom is -0.382 e. The van der Waals surface area contributed by atoms with Crippen molar-refractivity contribution in [3.63, 3.8) is 0 Å². The summed E-state index contributed by atoms with van der Waals surface area (Å²) in [7, 11) is -0.556. The number of anilines is 1. The van der Waals surface area contributed by atoms with E-state index in [1.807, 2.05) is 0 Å². The smallest absolute Gasteiger partial charge is 0.312 e. The van der Waals surface area contributed by atoms with E-state index in [1.165, 1.54) is 20.2 Å². The maximum atomic E-state index is 12.1. The van der Waals surface area contributed by atoms with Gasteiger partial charge in [0.05, 0.1) is 5.69 Å². The van der Waals surface area contributed by atoms with E-state index in [9.17, 15) is 13.2 Å². The van der Waals surface area contributed by atoms with Crippen molar-refractivity contribution in [2.75, 3.05) is 32.5 Å². The molecular weight excluding hydrogens is 268 g/mol. The number of primary amides is 1. The second kappa shape index (κ2) is 6.39. The van der Waals surface area contributed by atoms with Crippen LogP contribution in [-0.4, -0.2) is 45.9 Å². The number of rotatable bonds is 6. The van der Waals surface area contributed by atoms with Gasteiger partial charge < -0.3 is 16.4 Å². The van der Waals surface area contributed by atoms with Gasteiger partial charge in [0, 0.05) is 27.2 Å². The van der Waals surface area contributed by atoms with Crippen molar-refractivity contribution in [3.05, 3.63) is 24.3 Å². The van der Waals surface area contributed by atoms with E-state index in [-0.39, 0.29) is 4.90 Å². The monoisotopic (exact) mass is 286 g/mol. The average Bonchev–Trinajstić information content (AvgIpc) is 2.34. The summed E-state index contributed by atoms with van der Waals surface area (Å²) in [5.74, 6) is 0. The van der Waals surface area contributed by atoms with Crippen LogP contribution in [0.4, 0.5) is 10.5 Å². The number of hydrogen-bond donors (Lipinski definition) is 3. The Balaban J connectivity index is 2.83. The molecule has 0 saturated heterocycles. The lowest BCUT2D eigenvalue weighted by atomic mass is 10.3. The van der Waals surface area contributed by atoms with Gasteiger partial charge in [-0.2, -0.15) is 0 Å². The van der Waals surface area contributed by atoms with Crippen LogP contribution in [0.3, 0.4) is 0 Å². The summed E-state index contributed by atoms with van der Waals surface area (Å²) >= 11 is 0. The molecule has 1 aromatic rings. The molecule has 0 aliphatic rings. The highest BCUT2D eigenvalue weighted by Crippen LogP contribution is 2.22. The van der Waals surface area contributed by atoms with Gasteiger partial charge in [-0.25, -0.2) is 17.5 Å². The first-order valence-corrected chi connectivity index (χ1v) is 7.08. The highest BCUT2D eigenvalue weighted by atomic mass is 32.2. The van der Waals surface area contributed by atoms with Gasteiger partial charge in [0.15, 0.2) is 0 Å². The summed E-state index contributed by atoms with van der Waals surface area (Å²) in [6, 6.07) is 5.97. The van der Waals surface area contributed by atoms with E-state index in [4.69, 9.17) is 5.73 Å². The van der Waals surface area contributed by atoms with E-state index in [0.29, 0.717) is 18.8 Å². The lowest BCUT2D eigenvalue weighted by Gasteiger charge is -2.16. The summed E-state index contributed by atoms with van der Waals surface area (Å²) in [6.07, 6.45) is 0. The minimum absolute atomic E-state index is 0.194. The first kappa shape index (κ1) is 15.3. The second-order valence-corrected chi connectivity index (χ2v) is 6.12. The molecule has 1 rings (SSSR count). The van der Waals surface area contributed by atoms with Gasteiger partial charge in [0.1, 0.15) is 4.90 Å². The Bertz CT molecular complexity index is 543. The van der Waals surface area contributed by atoms with Gasteiger partial charge in [-0.3, -0.25) is 0 Å². The normalized spacial score (nSPS) is 11.3. The van der Waals surface area contributed by atoms with Crippen molar-refractivity contribution in [3.8, 4) is 0 Å². The number of carbonyl (C=O) groups excluding carboxylic acids is 1. The fourth-order valence-electron chi connectivity index (χ4n) is 1.42. The molecule has 0 aromatic heterocycles. The molecule has 0 spiro atoms. The van der Waals surface area contributed by atoms with E-state index in [1.54, 1.807) is 18.2 Å². The predicted octanol–water partition coefficient (Wildman–Crippen LogP) is 0.0171. The molecule has 4 N–H and O–H groups in total. The Hall–Kier alpha value is -1.80. The molecular formula is C11H18N4O3S. The number of urea groups is 1. The summed E-state index contributed by atoms with van der Waals surface area (Å²) in [5.41, 5.74) is 5.42. The largest absolute Gasteiger partial charge is 0.382 e. The third kappa shape index (κ3) is 4.11. The standard InChI is InChI=1S/C11H18N4O3S/c1-15(2)19(17,18)10-6-4-3-5-9(10)13-7-8-14-11(12)16/h3-6,13H,7-8H2,1-2H3,(H3,12,14,16). The SMILES string of the molecule is CN(C)S(=O)(=O)c1ccccc1NCCNC(N)=O. The van der Waals surface area contributed by atoms with Gasteiger partial charge in [0.25, 0.3) is 0 Å². The first-order valence-electron chi connectivity index (χ1n) is 5.64. The molecule has 0 saturated carbocycles. The Morgan fingerprint density at radius 2 is 1.89 bits per heavy atom. The molecule has 0 heterocycles. The van der Waals surface area contributed by atoms with Gasteiger partial charge in [-0.1, -0.05) is 12.1 Å². The van der Waals surface area contributed by atoms with Gasteiger partial charge in [0.2, 0.25) is 10.0 Å².